The first-order valence-corrected chi connectivity index (χ1v) is 9.65. The maximum atomic E-state index is 12.5. The predicted molar refractivity (Wildman–Crippen MR) is 116 cm³/mol. The summed E-state index contributed by atoms with van der Waals surface area (Å²) in [7, 11) is 0. The molecule has 1 N–H and O–H groups in total. The number of benzene rings is 2. The molecule has 2 heterocycles. The van der Waals surface area contributed by atoms with Crippen LogP contribution in [-0.4, -0.2) is 15.3 Å². The number of nitrogens with one attached hydrogen (secondary N) is 1. The van der Waals surface area contributed by atoms with Crippen LogP contribution < -0.4 is 15.6 Å². The molecule has 30 heavy (non-hydrogen) atoms. The fourth-order valence-electron chi connectivity index (χ4n) is 2.95. The number of carbonyl (C=O) groups is 1. The smallest absolute Gasteiger partial charge is 0.258 e. The van der Waals surface area contributed by atoms with Crippen molar-refractivity contribution < 1.29 is 9.53 Å². The van der Waals surface area contributed by atoms with Gasteiger partial charge in [0.2, 0.25) is 0 Å². The molecule has 2 aromatic heterocycles. The van der Waals surface area contributed by atoms with E-state index in [1.54, 1.807) is 36.4 Å². The van der Waals surface area contributed by atoms with Gasteiger partial charge in [-0.2, -0.15) is 0 Å². The summed E-state index contributed by atoms with van der Waals surface area (Å²) >= 11 is 5.94. The summed E-state index contributed by atoms with van der Waals surface area (Å²) in [5.74, 6) is 0.251. The van der Waals surface area contributed by atoms with Crippen molar-refractivity contribution in [2.24, 2.45) is 0 Å². The van der Waals surface area contributed by atoms with E-state index in [-0.39, 0.29) is 18.1 Å². The van der Waals surface area contributed by atoms with Crippen molar-refractivity contribution in [2.75, 3.05) is 5.32 Å². The van der Waals surface area contributed by atoms with Crippen LogP contribution in [0.4, 0.5) is 5.69 Å². The molecule has 0 saturated carbocycles. The second-order valence-corrected chi connectivity index (χ2v) is 7.20. The molecule has 4 rings (SSSR count). The average Bonchev–Trinajstić information content (AvgIpc) is 2.74. The van der Waals surface area contributed by atoms with E-state index in [1.165, 1.54) is 16.7 Å². The second-order valence-electron chi connectivity index (χ2n) is 6.77. The molecule has 0 saturated heterocycles. The van der Waals surface area contributed by atoms with Gasteiger partial charge in [0, 0.05) is 17.8 Å². The van der Waals surface area contributed by atoms with Gasteiger partial charge < -0.3 is 10.1 Å². The molecule has 0 radical (unpaired) electrons. The van der Waals surface area contributed by atoms with Crippen molar-refractivity contribution in [3.8, 4) is 5.75 Å². The van der Waals surface area contributed by atoms with Gasteiger partial charge in [0.25, 0.3) is 11.5 Å². The van der Waals surface area contributed by atoms with Gasteiger partial charge in [0.1, 0.15) is 18.0 Å². The molecule has 0 fully saturated rings. The van der Waals surface area contributed by atoms with Crippen LogP contribution in [0.2, 0.25) is 5.02 Å². The monoisotopic (exact) mass is 419 g/mol. The summed E-state index contributed by atoms with van der Waals surface area (Å²) in [5, 5.41) is 3.32. The molecule has 150 valence electrons. The second kappa shape index (κ2) is 8.39. The molecule has 4 aromatic rings. The minimum absolute atomic E-state index is 0.0752. The average molecular weight is 420 g/mol. The van der Waals surface area contributed by atoms with E-state index in [0.717, 1.165) is 5.56 Å². The number of pyridine rings is 1. The number of amides is 1. The van der Waals surface area contributed by atoms with Crippen molar-refractivity contribution in [3.05, 3.63) is 105 Å². The molecule has 0 spiro atoms. The van der Waals surface area contributed by atoms with E-state index in [2.05, 4.69) is 10.3 Å². The molecule has 0 aliphatic heterocycles. The fourth-order valence-corrected chi connectivity index (χ4v) is 3.11. The predicted octanol–water partition coefficient (Wildman–Crippen LogP) is 4.49. The Morgan fingerprint density at radius 3 is 2.67 bits per heavy atom. The highest BCUT2D eigenvalue weighted by Crippen LogP contribution is 2.25. The van der Waals surface area contributed by atoms with E-state index in [9.17, 15) is 9.59 Å². The third-order valence-electron chi connectivity index (χ3n) is 4.50. The Bertz CT molecular complexity index is 1280. The fraction of sp³-hybridized carbons (Fsp3) is 0.0870. The Kier molecular flexibility index (Phi) is 5.50. The number of carbonyl (C=O) groups excluding carboxylic acids is 1. The molecule has 2 aromatic carbocycles. The van der Waals surface area contributed by atoms with E-state index < -0.39 is 0 Å². The molecule has 7 heteroatoms. The Hall–Kier alpha value is -3.64. The van der Waals surface area contributed by atoms with E-state index in [4.69, 9.17) is 16.3 Å². The van der Waals surface area contributed by atoms with E-state index in [1.807, 2.05) is 31.2 Å². The number of rotatable bonds is 5. The Balaban J connectivity index is 1.53. The Morgan fingerprint density at radius 1 is 1.10 bits per heavy atom. The number of ether oxygens (including phenoxy) is 1. The van der Waals surface area contributed by atoms with Gasteiger partial charge in [0.05, 0.1) is 16.4 Å². The lowest BCUT2D eigenvalue weighted by atomic mass is 10.1. The topological polar surface area (TPSA) is 72.7 Å². The quantitative estimate of drug-likeness (QED) is 0.517. The lowest BCUT2D eigenvalue weighted by Crippen LogP contribution is -2.16. The number of fused-ring (bicyclic) bond motifs is 1. The number of nitrogens with zero attached hydrogens (tertiary/aromatic N) is 2. The molecular weight excluding hydrogens is 402 g/mol. The number of halogens is 1. The highest BCUT2D eigenvalue weighted by Gasteiger charge is 2.11. The largest absolute Gasteiger partial charge is 0.485 e. The first kappa shape index (κ1) is 19.7. The van der Waals surface area contributed by atoms with Gasteiger partial charge >= 0.3 is 0 Å². The Morgan fingerprint density at radius 2 is 1.87 bits per heavy atom. The normalized spacial score (nSPS) is 10.7. The van der Waals surface area contributed by atoms with Gasteiger partial charge in [-0.15, -0.1) is 0 Å². The third-order valence-corrected chi connectivity index (χ3v) is 4.72. The molecule has 0 aliphatic rings. The molecule has 0 atom stereocenters. The lowest BCUT2D eigenvalue weighted by Gasteiger charge is -2.13. The first-order chi connectivity index (χ1) is 14.5. The zero-order chi connectivity index (χ0) is 21.1. The van der Waals surface area contributed by atoms with Crippen LogP contribution in [0.3, 0.4) is 0 Å². The summed E-state index contributed by atoms with van der Waals surface area (Å²) in [6.07, 6.45) is 1.52. The molecule has 0 aliphatic carbocycles. The van der Waals surface area contributed by atoms with Crippen molar-refractivity contribution >= 4 is 28.8 Å². The zero-order valence-electron chi connectivity index (χ0n) is 16.1. The molecule has 1 amide bonds. The highest BCUT2D eigenvalue weighted by atomic mass is 35.5. The van der Waals surface area contributed by atoms with Crippen LogP contribution in [-0.2, 0) is 6.61 Å². The summed E-state index contributed by atoms with van der Waals surface area (Å²) in [6.45, 7) is 2.04. The number of anilines is 1. The number of hydrogen-bond acceptors (Lipinski definition) is 4. The van der Waals surface area contributed by atoms with Gasteiger partial charge in [0.15, 0.2) is 0 Å². The molecule has 0 bridgehead atoms. The van der Waals surface area contributed by atoms with E-state index in [0.29, 0.717) is 33.4 Å². The number of para-hydroxylation sites is 2. The molecule has 0 unspecified atom stereocenters. The van der Waals surface area contributed by atoms with Crippen LogP contribution in [0.5, 0.6) is 5.75 Å². The molecule has 6 nitrogen and oxygen atoms in total. The van der Waals surface area contributed by atoms with Crippen LogP contribution in [0.15, 0.2) is 77.7 Å². The van der Waals surface area contributed by atoms with Crippen molar-refractivity contribution in [2.45, 2.75) is 13.5 Å². The number of hydrogen-bond donors (Lipinski definition) is 1. The van der Waals surface area contributed by atoms with Gasteiger partial charge in [-0.1, -0.05) is 41.4 Å². The Labute approximate surface area is 177 Å². The zero-order valence-corrected chi connectivity index (χ0v) is 16.9. The van der Waals surface area contributed by atoms with Crippen LogP contribution in [0, 0.1) is 6.92 Å². The van der Waals surface area contributed by atoms with Gasteiger partial charge in [-0.3, -0.25) is 14.0 Å². The first-order valence-electron chi connectivity index (χ1n) is 9.27. The van der Waals surface area contributed by atoms with Crippen LogP contribution in [0.1, 0.15) is 21.6 Å². The third kappa shape index (κ3) is 4.34. The maximum absolute atomic E-state index is 12.5. The molecular formula is C23H18ClN3O3. The van der Waals surface area contributed by atoms with Gasteiger partial charge in [-0.05, 0) is 43.3 Å². The van der Waals surface area contributed by atoms with Gasteiger partial charge in [-0.25, -0.2) is 4.98 Å². The highest BCUT2D eigenvalue weighted by molar-refractivity contribution is 6.30. The maximum Gasteiger partial charge on any atom is 0.258 e. The van der Waals surface area contributed by atoms with Crippen molar-refractivity contribution in [1.82, 2.24) is 9.38 Å². The number of aryl methyl sites for hydroxylation is 1. The number of aromatic nitrogens is 2. The van der Waals surface area contributed by atoms with E-state index >= 15 is 0 Å². The summed E-state index contributed by atoms with van der Waals surface area (Å²) in [4.78, 5) is 29.3. The lowest BCUT2D eigenvalue weighted by molar-refractivity contribution is 0.102. The van der Waals surface area contributed by atoms with Crippen molar-refractivity contribution in [3.63, 3.8) is 0 Å². The minimum atomic E-state index is -0.248. The summed E-state index contributed by atoms with van der Waals surface area (Å²) in [6, 6.07) is 19.2. The standard InChI is InChI=1S/C23H18ClN3O3/c1-15-6-8-16(9-7-15)23(29)26-19-4-2-3-5-20(19)30-14-18-12-22(28)27-13-17(24)10-11-21(27)25-18/h2-13H,14H2,1H3,(H,26,29). The SMILES string of the molecule is Cc1ccc(C(=O)Nc2ccccc2OCc2cc(=O)n3cc(Cl)ccc3n2)cc1. The van der Waals surface area contributed by atoms with Crippen LogP contribution >= 0.6 is 11.6 Å². The summed E-state index contributed by atoms with van der Waals surface area (Å²) < 4.78 is 7.23. The van der Waals surface area contributed by atoms with Crippen molar-refractivity contribution in [1.29, 1.82) is 0 Å². The minimum Gasteiger partial charge on any atom is -0.485 e. The van der Waals surface area contributed by atoms with Crippen LogP contribution in [0.25, 0.3) is 5.65 Å². The summed E-state index contributed by atoms with van der Waals surface area (Å²) in [5.41, 5.74) is 2.87.